The predicted octanol–water partition coefficient (Wildman–Crippen LogP) is 4.71. The van der Waals surface area contributed by atoms with Crippen molar-refractivity contribution >= 4 is 11.3 Å². The molecule has 1 fully saturated rings. The van der Waals surface area contributed by atoms with Gasteiger partial charge in [-0.2, -0.15) is 0 Å². The summed E-state index contributed by atoms with van der Waals surface area (Å²) in [5, 5.41) is 7.17. The Balaban J connectivity index is 2.02. The SMILES string of the molecule is Cc1csc(C(C)NC2CC(C)(C)CC(C)(C)C2)n1. The van der Waals surface area contributed by atoms with Crippen LogP contribution in [0.4, 0.5) is 0 Å². The average Bonchev–Trinajstić information content (AvgIpc) is 2.59. The Hall–Kier alpha value is -0.410. The summed E-state index contributed by atoms with van der Waals surface area (Å²) in [6.45, 7) is 13.9. The third kappa shape index (κ3) is 4.03. The van der Waals surface area contributed by atoms with E-state index in [2.05, 4.69) is 57.2 Å². The van der Waals surface area contributed by atoms with E-state index in [9.17, 15) is 0 Å². The second-order valence-electron chi connectivity index (χ2n) is 7.83. The fourth-order valence-electron chi connectivity index (χ4n) is 3.96. The molecule has 1 atom stereocenters. The van der Waals surface area contributed by atoms with Crippen LogP contribution in [0.1, 0.15) is 70.6 Å². The Kier molecular flexibility index (Phi) is 4.08. The lowest BCUT2D eigenvalue weighted by molar-refractivity contribution is 0.0811. The van der Waals surface area contributed by atoms with Crippen LogP contribution in [0.25, 0.3) is 0 Å². The van der Waals surface area contributed by atoms with Crippen molar-refractivity contribution in [2.24, 2.45) is 10.8 Å². The maximum atomic E-state index is 4.60. The Morgan fingerprint density at radius 3 is 2.32 bits per heavy atom. The minimum atomic E-state index is 0.369. The fourth-order valence-corrected chi connectivity index (χ4v) is 4.77. The zero-order valence-electron chi connectivity index (χ0n) is 13.2. The van der Waals surface area contributed by atoms with Gasteiger partial charge in [0.05, 0.1) is 6.04 Å². The zero-order valence-corrected chi connectivity index (χ0v) is 14.0. The molecule has 0 spiro atoms. The molecule has 3 heteroatoms. The molecule has 1 saturated carbocycles. The second kappa shape index (κ2) is 5.17. The van der Waals surface area contributed by atoms with Crippen molar-refractivity contribution in [2.75, 3.05) is 0 Å². The highest BCUT2D eigenvalue weighted by molar-refractivity contribution is 7.09. The number of hydrogen-bond donors (Lipinski definition) is 1. The van der Waals surface area contributed by atoms with Crippen LogP contribution in [0.15, 0.2) is 5.38 Å². The molecule has 1 N–H and O–H groups in total. The van der Waals surface area contributed by atoms with Crippen LogP contribution >= 0.6 is 11.3 Å². The van der Waals surface area contributed by atoms with Crippen LogP contribution in [0.5, 0.6) is 0 Å². The van der Waals surface area contributed by atoms with Gasteiger partial charge in [-0.25, -0.2) is 4.98 Å². The van der Waals surface area contributed by atoms with E-state index < -0.39 is 0 Å². The van der Waals surface area contributed by atoms with Crippen molar-refractivity contribution in [1.29, 1.82) is 0 Å². The summed E-state index contributed by atoms with van der Waals surface area (Å²) < 4.78 is 0. The predicted molar refractivity (Wildman–Crippen MR) is 83.6 cm³/mol. The monoisotopic (exact) mass is 280 g/mol. The van der Waals surface area contributed by atoms with E-state index in [1.54, 1.807) is 11.3 Å². The van der Waals surface area contributed by atoms with Gasteiger partial charge in [0.25, 0.3) is 0 Å². The number of nitrogens with zero attached hydrogens (tertiary/aromatic N) is 1. The van der Waals surface area contributed by atoms with E-state index in [1.165, 1.54) is 24.3 Å². The molecule has 0 aromatic carbocycles. The molecule has 19 heavy (non-hydrogen) atoms. The lowest BCUT2D eigenvalue weighted by Crippen LogP contribution is -2.44. The molecule has 0 aliphatic heterocycles. The number of hydrogen-bond acceptors (Lipinski definition) is 3. The summed E-state index contributed by atoms with van der Waals surface area (Å²) in [5.74, 6) is 0. The normalized spacial score (nSPS) is 24.3. The van der Waals surface area contributed by atoms with E-state index in [1.807, 2.05) is 0 Å². The Bertz CT molecular complexity index is 418. The van der Waals surface area contributed by atoms with Crippen molar-refractivity contribution < 1.29 is 0 Å². The molecule has 1 aromatic heterocycles. The lowest BCUT2D eigenvalue weighted by Gasteiger charge is -2.45. The van der Waals surface area contributed by atoms with E-state index in [4.69, 9.17) is 0 Å². The van der Waals surface area contributed by atoms with Gasteiger partial charge in [0.15, 0.2) is 0 Å². The summed E-state index contributed by atoms with van der Waals surface area (Å²) in [7, 11) is 0. The van der Waals surface area contributed by atoms with Gasteiger partial charge >= 0.3 is 0 Å². The Morgan fingerprint density at radius 1 is 1.26 bits per heavy atom. The van der Waals surface area contributed by atoms with Gasteiger partial charge in [-0.3, -0.25) is 0 Å². The minimum Gasteiger partial charge on any atom is -0.305 e. The Labute approximate surface area is 122 Å². The summed E-state index contributed by atoms with van der Waals surface area (Å²) >= 11 is 1.77. The average molecular weight is 280 g/mol. The molecule has 2 nitrogen and oxygen atoms in total. The number of nitrogens with one attached hydrogen (secondary N) is 1. The maximum Gasteiger partial charge on any atom is 0.110 e. The molecule has 2 rings (SSSR count). The highest BCUT2D eigenvalue weighted by Gasteiger charge is 2.38. The van der Waals surface area contributed by atoms with Crippen LogP contribution in [-0.2, 0) is 0 Å². The highest BCUT2D eigenvalue weighted by Crippen LogP contribution is 2.46. The first-order valence-electron chi connectivity index (χ1n) is 7.35. The summed E-state index contributed by atoms with van der Waals surface area (Å²) in [6.07, 6.45) is 3.86. The molecular weight excluding hydrogens is 252 g/mol. The lowest BCUT2D eigenvalue weighted by atomic mass is 9.63. The zero-order chi connectivity index (χ0) is 14.3. The van der Waals surface area contributed by atoms with Gasteiger partial charge in [-0.1, -0.05) is 27.7 Å². The first-order chi connectivity index (χ1) is 8.67. The smallest absolute Gasteiger partial charge is 0.110 e. The molecule has 0 saturated heterocycles. The van der Waals surface area contributed by atoms with Crippen molar-refractivity contribution in [2.45, 2.75) is 72.9 Å². The number of aromatic nitrogens is 1. The molecule has 1 aromatic rings. The summed E-state index contributed by atoms with van der Waals surface area (Å²) in [5.41, 5.74) is 2.02. The van der Waals surface area contributed by atoms with Gasteiger partial charge in [-0.15, -0.1) is 11.3 Å². The van der Waals surface area contributed by atoms with Crippen LogP contribution in [-0.4, -0.2) is 11.0 Å². The summed E-state index contributed by atoms with van der Waals surface area (Å²) in [6, 6.07) is 0.978. The van der Waals surface area contributed by atoms with Crippen LogP contribution in [0.3, 0.4) is 0 Å². The largest absolute Gasteiger partial charge is 0.305 e. The molecule has 1 heterocycles. The first kappa shape index (κ1) is 15.0. The molecule has 1 aliphatic rings. The van der Waals surface area contributed by atoms with E-state index in [-0.39, 0.29) is 0 Å². The van der Waals surface area contributed by atoms with Crippen molar-refractivity contribution in [3.8, 4) is 0 Å². The van der Waals surface area contributed by atoms with Gasteiger partial charge in [0.1, 0.15) is 5.01 Å². The Morgan fingerprint density at radius 2 is 1.84 bits per heavy atom. The molecule has 1 aliphatic carbocycles. The fraction of sp³-hybridized carbons (Fsp3) is 0.812. The van der Waals surface area contributed by atoms with Gasteiger partial charge in [0, 0.05) is 17.1 Å². The van der Waals surface area contributed by atoms with Gasteiger partial charge < -0.3 is 5.32 Å². The molecular formula is C16H28N2S. The quantitative estimate of drug-likeness (QED) is 0.867. The number of thiazole rings is 1. The third-order valence-corrected chi connectivity index (χ3v) is 5.19. The van der Waals surface area contributed by atoms with Crippen molar-refractivity contribution in [3.63, 3.8) is 0 Å². The first-order valence-corrected chi connectivity index (χ1v) is 8.23. The van der Waals surface area contributed by atoms with Gasteiger partial charge in [0.2, 0.25) is 0 Å². The molecule has 0 amide bonds. The molecule has 0 bridgehead atoms. The molecule has 108 valence electrons. The van der Waals surface area contributed by atoms with Crippen LogP contribution < -0.4 is 5.32 Å². The van der Waals surface area contributed by atoms with E-state index in [0.29, 0.717) is 22.9 Å². The number of rotatable bonds is 3. The van der Waals surface area contributed by atoms with Gasteiger partial charge in [-0.05, 0) is 43.9 Å². The standard InChI is InChI=1S/C16H28N2S/c1-11-9-19-14(17-11)12(2)18-13-7-15(3,4)10-16(5,6)8-13/h9,12-13,18H,7-8,10H2,1-6H3. The third-order valence-electron chi connectivity index (χ3n) is 4.05. The molecule has 1 unspecified atom stereocenters. The molecule has 0 radical (unpaired) electrons. The van der Waals surface area contributed by atoms with Crippen molar-refractivity contribution in [3.05, 3.63) is 16.1 Å². The minimum absolute atomic E-state index is 0.369. The second-order valence-corrected chi connectivity index (χ2v) is 8.72. The number of aryl methyl sites for hydroxylation is 1. The highest BCUT2D eigenvalue weighted by atomic mass is 32.1. The van der Waals surface area contributed by atoms with Crippen molar-refractivity contribution in [1.82, 2.24) is 10.3 Å². The van der Waals surface area contributed by atoms with E-state index >= 15 is 0 Å². The van der Waals surface area contributed by atoms with Crippen LogP contribution in [0.2, 0.25) is 0 Å². The van der Waals surface area contributed by atoms with E-state index in [0.717, 1.165) is 5.69 Å². The topological polar surface area (TPSA) is 24.9 Å². The summed E-state index contributed by atoms with van der Waals surface area (Å²) in [4.78, 5) is 4.60. The maximum absolute atomic E-state index is 4.60. The van der Waals surface area contributed by atoms with Crippen LogP contribution in [0, 0.1) is 17.8 Å².